The molecule has 0 aliphatic heterocycles. The first kappa shape index (κ1) is 27.4. The summed E-state index contributed by atoms with van der Waals surface area (Å²) in [5, 5.41) is 0. The number of nitrogen functional groups attached to an aromatic ring is 2. The molecule has 4 nitrogen and oxygen atoms in total. The Morgan fingerprint density at radius 1 is 0.675 bits per heavy atom. The van der Waals surface area contributed by atoms with Crippen LogP contribution in [0.1, 0.15) is 94.8 Å². The van der Waals surface area contributed by atoms with Crippen LogP contribution in [0.2, 0.25) is 0 Å². The van der Waals surface area contributed by atoms with Gasteiger partial charge in [-0.05, 0) is 67.0 Å². The number of para-hydroxylation sites is 2. The smallest absolute Gasteiger partial charge is 0.195 e. The molecular formula is C36H38N2O2. The van der Waals surface area contributed by atoms with Gasteiger partial charge >= 0.3 is 0 Å². The van der Waals surface area contributed by atoms with Gasteiger partial charge in [0.05, 0.1) is 0 Å². The summed E-state index contributed by atoms with van der Waals surface area (Å²) in [5.74, 6) is 0.618. The van der Waals surface area contributed by atoms with Crippen LogP contribution in [-0.2, 0) is 5.41 Å². The van der Waals surface area contributed by atoms with Crippen LogP contribution >= 0.6 is 0 Å². The number of ketones is 2. The minimum atomic E-state index is -0.163. The fourth-order valence-electron chi connectivity index (χ4n) is 6.30. The summed E-state index contributed by atoms with van der Waals surface area (Å²) in [5.41, 5.74) is 17.7. The van der Waals surface area contributed by atoms with E-state index in [0.29, 0.717) is 33.6 Å². The lowest BCUT2D eigenvalue weighted by molar-refractivity contribution is 0.103. The quantitative estimate of drug-likeness (QED) is 0.170. The van der Waals surface area contributed by atoms with Gasteiger partial charge in [0, 0.05) is 39.0 Å². The van der Waals surface area contributed by atoms with Gasteiger partial charge in [-0.1, -0.05) is 99.0 Å². The first-order valence-electron chi connectivity index (χ1n) is 14.4. The molecule has 5 rings (SSSR count). The van der Waals surface area contributed by atoms with Crippen LogP contribution in [0.5, 0.6) is 0 Å². The molecule has 1 aliphatic rings. The first-order valence-corrected chi connectivity index (χ1v) is 14.4. The number of rotatable bonds is 9. The van der Waals surface area contributed by atoms with E-state index in [1.54, 1.807) is 24.3 Å². The molecule has 4 heteroatoms. The molecule has 0 heterocycles. The number of benzene rings is 4. The second kappa shape index (κ2) is 11.9. The molecule has 1 saturated carbocycles. The summed E-state index contributed by atoms with van der Waals surface area (Å²) in [6.45, 7) is 2.25. The molecule has 204 valence electrons. The molecule has 4 N–H and O–H groups in total. The lowest BCUT2D eigenvalue weighted by atomic mass is 9.62. The van der Waals surface area contributed by atoms with Crippen LogP contribution in [0, 0.1) is 5.92 Å². The van der Waals surface area contributed by atoms with Crippen LogP contribution in [0.3, 0.4) is 0 Å². The number of nitrogens with two attached hydrogens (primary N) is 2. The fourth-order valence-corrected chi connectivity index (χ4v) is 6.30. The number of carbonyl (C=O) groups is 2. The minimum absolute atomic E-state index is 0.0648. The van der Waals surface area contributed by atoms with E-state index in [-0.39, 0.29) is 17.0 Å². The van der Waals surface area contributed by atoms with E-state index < -0.39 is 0 Å². The Bertz CT molecular complexity index is 1380. The summed E-state index contributed by atoms with van der Waals surface area (Å²) in [6.07, 6.45) is 8.20. The van der Waals surface area contributed by atoms with Crippen LogP contribution < -0.4 is 11.5 Å². The van der Waals surface area contributed by atoms with Gasteiger partial charge in [-0.15, -0.1) is 0 Å². The van der Waals surface area contributed by atoms with Gasteiger partial charge in [-0.2, -0.15) is 0 Å². The fraction of sp³-hybridized carbons (Fsp3) is 0.278. The van der Waals surface area contributed by atoms with E-state index in [2.05, 4.69) is 31.2 Å². The first-order chi connectivity index (χ1) is 19.4. The highest BCUT2D eigenvalue weighted by atomic mass is 16.1. The van der Waals surface area contributed by atoms with Crippen LogP contribution in [0.4, 0.5) is 11.4 Å². The number of hydrogen-bond donors (Lipinski definition) is 2. The Balaban J connectivity index is 1.46. The Hall–Kier alpha value is -4.18. The predicted octanol–water partition coefficient (Wildman–Crippen LogP) is 7.98. The third-order valence-electron chi connectivity index (χ3n) is 8.73. The maximum absolute atomic E-state index is 13.2. The summed E-state index contributed by atoms with van der Waals surface area (Å²) in [7, 11) is 0. The van der Waals surface area contributed by atoms with Crippen LogP contribution in [0.25, 0.3) is 0 Å². The Morgan fingerprint density at radius 2 is 1.10 bits per heavy atom. The molecule has 0 radical (unpaired) electrons. The Labute approximate surface area is 237 Å². The maximum atomic E-state index is 13.2. The van der Waals surface area contributed by atoms with Crippen molar-refractivity contribution < 1.29 is 9.59 Å². The van der Waals surface area contributed by atoms with Gasteiger partial charge in [-0.3, -0.25) is 9.59 Å². The second-order valence-electron chi connectivity index (χ2n) is 11.2. The molecule has 0 bridgehead atoms. The Morgan fingerprint density at radius 3 is 1.50 bits per heavy atom. The molecular weight excluding hydrogens is 492 g/mol. The number of carbonyl (C=O) groups excluding carboxylic acids is 2. The minimum Gasteiger partial charge on any atom is -0.398 e. The molecule has 1 fully saturated rings. The zero-order valence-corrected chi connectivity index (χ0v) is 23.2. The van der Waals surface area contributed by atoms with Gasteiger partial charge in [-0.25, -0.2) is 0 Å². The summed E-state index contributed by atoms with van der Waals surface area (Å²) in [4.78, 5) is 26.3. The molecule has 4 aromatic rings. The molecule has 40 heavy (non-hydrogen) atoms. The highest BCUT2D eigenvalue weighted by Gasteiger charge is 2.38. The number of hydrogen-bond acceptors (Lipinski definition) is 4. The average molecular weight is 531 g/mol. The Kier molecular flexibility index (Phi) is 8.16. The molecule has 4 aromatic carbocycles. The number of anilines is 2. The topological polar surface area (TPSA) is 86.2 Å². The monoisotopic (exact) mass is 530 g/mol. The summed E-state index contributed by atoms with van der Waals surface area (Å²) >= 11 is 0. The van der Waals surface area contributed by atoms with Gasteiger partial charge < -0.3 is 11.5 Å². The van der Waals surface area contributed by atoms with Crippen molar-refractivity contribution in [3.63, 3.8) is 0 Å². The third-order valence-corrected chi connectivity index (χ3v) is 8.73. The standard InChI is InChI=1S/C36H38N2O2/c1-2-3-8-25-21-23-36(24-22-25,28-17-13-26(14-18-28)34(39)30-9-4-6-11-32(30)37)29-19-15-27(16-20-29)35(40)31-10-5-7-12-33(31)38/h4-7,9-20,25H,2-3,8,21-24,37-38H2,1H3. The lowest BCUT2D eigenvalue weighted by Crippen LogP contribution is -2.33. The second-order valence-corrected chi connectivity index (χ2v) is 11.2. The van der Waals surface area contributed by atoms with E-state index >= 15 is 0 Å². The largest absolute Gasteiger partial charge is 0.398 e. The predicted molar refractivity (Wildman–Crippen MR) is 164 cm³/mol. The van der Waals surface area contributed by atoms with Crippen molar-refractivity contribution in [3.05, 3.63) is 130 Å². The zero-order chi connectivity index (χ0) is 28.1. The summed E-state index contributed by atoms with van der Waals surface area (Å²) in [6, 6.07) is 30.6. The highest BCUT2D eigenvalue weighted by Crippen LogP contribution is 2.47. The van der Waals surface area contributed by atoms with Crippen molar-refractivity contribution in [2.45, 2.75) is 57.3 Å². The maximum Gasteiger partial charge on any atom is 0.195 e. The van der Waals surface area contributed by atoms with Crippen molar-refractivity contribution in [1.29, 1.82) is 0 Å². The van der Waals surface area contributed by atoms with E-state index in [4.69, 9.17) is 11.5 Å². The van der Waals surface area contributed by atoms with E-state index in [0.717, 1.165) is 18.8 Å². The zero-order valence-electron chi connectivity index (χ0n) is 23.2. The van der Waals surface area contributed by atoms with E-state index in [9.17, 15) is 9.59 Å². The molecule has 0 unspecified atom stereocenters. The van der Waals surface area contributed by atoms with Crippen molar-refractivity contribution in [2.75, 3.05) is 11.5 Å². The van der Waals surface area contributed by atoms with Crippen molar-refractivity contribution in [2.24, 2.45) is 5.92 Å². The molecule has 0 atom stereocenters. The molecule has 0 saturated heterocycles. The van der Waals surface area contributed by atoms with Crippen molar-refractivity contribution in [3.8, 4) is 0 Å². The highest BCUT2D eigenvalue weighted by molar-refractivity contribution is 6.12. The van der Waals surface area contributed by atoms with E-state index in [1.807, 2.05) is 48.5 Å². The number of unbranched alkanes of at least 4 members (excludes halogenated alkanes) is 1. The van der Waals surface area contributed by atoms with Crippen molar-refractivity contribution in [1.82, 2.24) is 0 Å². The normalized spacial score (nSPS) is 15.0. The molecule has 0 amide bonds. The van der Waals surface area contributed by atoms with Gasteiger partial charge in [0.25, 0.3) is 0 Å². The molecule has 1 aliphatic carbocycles. The summed E-state index contributed by atoms with van der Waals surface area (Å²) < 4.78 is 0. The SMILES string of the molecule is CCCCC1CCC(c2ccc(C(=O)c3ccccc3N)cc2)(c2ccc(C(=O)c3ccccc3N)cc2)CC1. The molecule has 0 spiro atoms. The van der Waals surface area contributed by atoms with Crippen molar-refractivity contribution >= 4 is 22.9 Å². The van der Waals surface area contributed by atoms with Gasteiger partial charge in [0.2, 0.25) is 0 Å². The van der Waals surface area contributed by atoms with Gasteiger partial charge in [0.15, 0.2) is 11.6 Å². The van der Waals surface area contributed by atoms with Gasteiger partial charge in [0.1, 0.15) is 0 Å². The van der Waals surface area contributed by atoms with E-state index in [1.165, 1.54) is 43.2 Å². The molecule has 0 aromatic heterocycles. The average Bonchev–Trinajstić information content (AvgIpc) is 3.00. The third kappa shape index (κ3) is 5.44. The lowest BCUT2D eigenvalue weighted by Gasteiger charge is -2.41. The van der Waals surface area contributed by atoms with Crippen LogP contribution in [-0.4, -0.2) is 11.6 Å². The van der Waals surface area contributed by atoms with Crippen LogP contribution in [0.15, 0.2) is 97.1 Å².